The number of aromatic nitrogens is 1. The molecule has 6 aromatic carbocycles. The van der Waals surface area contributed by atoms with Crippen molar-refractivity contribution in [2.45, 2.75) is 32.6 Å². The zero-order chi connectivity index (χ0) is 35.7. The van der Waals surface area contributed by atoms with Crippen molar-refractivity contribution in [1.29, 1.82) is 0 Å². The van der Waals surface area contributed by atoms with Crippen LogP contribution in [-0.2, 0) is 32.9 Å². The third-order valence-corrected chi connectivity index (χ3v) is 9.38. The summed E-state index contributed by atoms with van der Waals surface area (Å²) in [5.74, 6) is 1.16. The number of nitrogens with zero attached hydrogens (tertiary/aromatic N) is 3. The first kappa shape index (κ1) is 35.7. The molecule has 0 radical (unpaired) electrons. The molecule has 0 atom stereocenters. The van der Waals surface area contributed by atoms with Crippen LogP contribution in [0.5, 0.6) is 11.5 Å². The number of hydrogen-bond donors (Lipinski definition) is 1. The number of fused-ring (bicyclic) bond motifs is 4. The van der Waals surface area contributed by atoms with Crippen molar-refractivity contribution < 1.29 is 25.8 Å². The zero-order valence-corrected chi connectivity index (χ0v) is 32.1. The number of nitrogen functional groups attached to an aromatic ring is 1. The average Bonchev–Trinajstić information content (AvgIpc) is 3.74. The SMILES string of the molecule is CC(C)(C)c1cc(-c2ccccc2)cc(N2[CH-]N(c3[c-]c(Oc4[c-]c(N)ccc4)ccc3)c3ccccc32)c1.[Pt].c1ccc2c(c1)Cc1ncccc1-2. The van der Waals surface area contributed by atoms with Gasteiger partial charge in [0.05, 0.1) is 5.69 Å². The molecule has 6 heteroatoms. The molecule has 0 fully saturated rings. The summed E-state index contributed by atoms with van der Waals surface area (Å²) < 4.78 is 6.03. The topological polar surface area (TPSA) is 54.6 Å². The van der Waals surface area contributed by atoms with Gasteiger partial charge in [0, 0.05) is 67.8 Å². The van der Waals surface area contributed by atoms with Gasteiger partial charge >= 0.3 is 0 Å². The van der Waals surface area contributed by atoms with E-state index in [0.717, 1.165) is 29.2 Å². The van der Waals surface area contributed by atoms with E-state index in [1.807, 2.05) is 42.6 Å². The Balaban J connectivity index is 0.000000259. The molecule has 9 rings (SSSR count). The predicted octanol–water partition coefficient (Wildman–Crippen LogP) is 11.7. The van der Waals surface area contributed by atoms with Gasteiger partial charge in [0.15, 0.2) is 0 Å². The molecule has 0 saturated carbocycles. The summed E-state index contributed by atoms with van der Waals surface area (Å²) in [6.45, 7) is 8.90. The minimum Gasteiger partial charge on any atom is -0.509 e. The molecule has 7 aromatic rings. The second kappa shape index (κ2) is 15.1. The zero-order valence-electron chi connectivity index (χ0n) is 29.9. The summed E-state index contributed by atoms with van der Waals surface area (Å²) in [6, 6.07) is 56.3. The maximum Gasteiger partial charge on any atom is 0.0525 e. The van der Waals surface area contributed by atoms with Crippen LogP contribution in [0, 0.1) is 18.8 Å². The summed E-state index contributed by atoms with van der Waals surface area (Å²) in [7, 11) is 0. The van der Waals surface area contributed by atoms with E-state index in [1.165, 1.54) is 39.1 Å². The van der Waals surface area contributed by atoms with Gasteiger partial charge in [0.2, 0.25) is 0 Å². The molecule has 0 saturated heterocycles. The fourth-order valence-corrected chi connectivity index (χ4v) is 6.71. The minimum absolute atomic E-state index is 0. The van der Waals surface area contributed by atoms with Gasteiger partial charge in [-0.05, 0) is 63.6 Å². The molecule has 0 bridgehead atoms. The molecule has 1 aliphatic carbocycles. The number of hydrogen-bond acceptors (Lipinski definition) is 5. The van der Waals surface area contributed by atoms with Crippen molar-refractivity contribution in [2.75, 3.05) is 15.5 Å². The Morgan fingerprint density at radius 3 is 2.11 bits per heavy atom. The normalized spacial score (nSPS) is 12.5. The molecule has 2 aliphatic rings. The van der Waals surface area contributed by atoms with Gasteiger partial charge in [0.1, 0.15) is 0 Å². The van der Waals surface area contributed by atoms with Crippen LogP contribution in [0.15, 0.2) is 152 Å². The van der Waals surface area contributed by atoms with Gasteiger partial charge in [-0.3, -0.25) is 4.98 Å². The standard InChI is InChI=1S/C35H30N3O.C12H9N.Pt/c1-35(2,3)27-19-26(25-11-5-4-6-12-25)20-30(21-27)38-24-37(33-17-7-8-18-34(33)38)29-14-10-16-32(23-29)39-31-15-9-13-28(36)22-31;1-2-5-10-9(4-1)8-12-11(10)6-3-7-13-12;/h4-21,24H,36H2,1-3H3;1-7H,8H2;/q-3;;. The van der Waals surface area contributed by atoms with Gasteiger partial charge in [0.25, 0.3) is 0 Å². The van der Waals surface area contributed by atoms with Gasteiger partial charge in [-0.2, -0.15) is 12.1 Å². The molecular formula is C47H39N4OPt-3. The largest absolute Gasteiger partial charge is 0.509 e. The number of pyridine rings is 1. The average molecular weight is 871 g/mol. The van der Waals surface area contributed by atoms with E-state index in [2.05, 4.69) is 157 Å². The first-order valence-corrected chi connectivity index (χ1v) is 17.5. The summed E-state index contributed by atoms with van der Waals surface area (Å²) in [6.07, 6.45) is 2.86. The second-order valence-corrected chi connectivity index (χ2v) is 14.0. The summed E-state index contributed by atoms with van der Waals surface area (Å²) in [5, 5.41) is 0. The first-order valence-electron chi connectivity index (χ1n) is 17.5. The molecule has 53 heavy (non-hydrogen) atoms. The Kier molecular flexibility index (Phi) is 10.2. The number of ether oxygens (including phenoxy) is 1. The molecule has 5 nitrogen and oxygen atoms in total. The minimum atomic E-state index is -0.00420. The molecule has 2 heterocycles. The predicted molar refractivity (Wildman–Crippen MR) is 213 cm³/mol. The molecule has 266 valence electrons. The van der Waals surface area contributed by atoms with Crippen LogP contribution in [0.2, 0.25) is 0 Å². The van der Waals surface area contributed by atoms with Crippen LogP contribution >= 0.6 is 0 Å². The van der Waals surface area contributed by atoms with Crippen molar-refractivity contribution in [3.8, 4) is 33.8 Å². The Hall–Kier alpha value is -5.64. The number of anilines is 5. The third-order valence-electron chi connectivity index (χ3n) is 9.38. The number of benzene rings is 6. The van der Waals surface area contributed by atoms with Crippen molar-refractivity contribution >= 4 is 28.4 Å². The quantitative estimate of drug-likeness (QED) is 0.138. The van der Waals surface area contributed by atoms with E-state index in [9.17, 15) is 0 Å². The van der Waals surface area contributed by atoms with E-state index in [4.69, 9.17) is 10.5 Å². The fraction of sp³-hybridized carbons (Fsp3) is 0.106. The van der Waals surface area contributed by atoms with E-state index in [1.54, 1.807) is 6.07 Å². The second-order valence-electron chi connectivity index (χ2n) is 14.0. The maximum atomic E-state index is 6.03. The Labute approximate surface area is 327 Å². The van der Waals surface area contributed by atoms with Crippen LogP contribution in [-0.4, -0.2) is 4.98 Å². The van der Waals surface area contributed by atoms with Crippen molar-refractivity contribution in [1.82, 2.24) is 4.98 Å². The van der Waals surface area contributed by atoms with E-state index in [-0.39, 0.29) is 26.5 Å². The van der Waals surface area contributed by atoms with Crippen LogP contribution in [0.4, 0.5) is 28.4 Å². The maximum absolute atomic E-state index is 6.03. The summed E-state index contributed by atoms with van der Waals surface area (Å²) in [5.41, 5.74) is 19.5. The van der Waals surface area contributed by atoms with Crippen LogP contribution in [0.25, 0.3) is 22.3 Å². The molecule has 2 N–H and O–H groups in total. The molecule has 0 spiro atoms. The first-order chi connectivity index (χ1) is 25.3. The third kappa shape index (κ3) is 7.63. The molecule has 1 aromatic heterocycles. The summed E-state index contributed by atoms with van der Waals surface area (Å²) in [4.78, 5) is 8.78. The smallest absolute Gasteiger partial charge is 0.0525 e. The fourth-order valence-electron chi connectivity index (χ4n) is 6.71. The van der Waals surface area contributed by atoms with Crippen molar-refractivity contribution in [2.24, 2.45) is 0 Å². The summed E-state index contributed by atoms with van der Waals surface area (Å²) >= 11 is 0. The number of para-hydroxylation sites is 2. The molecule has 1 aliphatic heterocycles. The number of nitrogens with two attached hydrogens (primary N) is 1. The Morgan fingerprint density at radius 1 is 0.660 bits per heavy atom. The Morgan fingerprint density at radius 2 is 1.34 bits per heavy atom. The van der Waals surface area contributed by atoms with Gasteiger partial charge in [-0.15, -0.1) is 48.8 Å². The van der Waals surface area contributed by atoms with Crippen LogP contribution in [0.3, 0.4) is 0 Å². The molecule has 0 amide bonds. The Bertz CT molecular complexity index is 2320. The van der Waals surface area contributed by atoms with Crippen molar-refractivity contribution in [3.05, 3.63) is 187 Å². The van der Waals surface area contributed by atoms with E-state index in [0.29, 0.717) is 17.2 Å². The van der Waals surface area contributed by atoms with Gasteiger partial charge < -0.3 is 20.3 Å². The monoisotopic (exact) mass is 870 g/mol. The van der Waals surface area contributed by atoms with E-state index >= 15 is 0 Å². The van der Waals surface area contributed by atoms with Crippen LogP contribution in [0.1, 0.15) is 37.6 Å². The van der Waals surface area contributed by atoms with Crippen molar-refractivity contribution in [3.63, 3.8) is 0 Å². The molecular weight excluding hydrogens is 832 g/mol. The molecule has 0 unspecified atom stereocenters. The van der Waals surface area contributed by atoms with Crippen LogP contribution < -0.4 is 20.3 Å². The van der Waals surface area contributed by atoms with Gasteiger partial charge in [-0.1, -0.05) is 105 Å². The van der Waals surface area contributed by atoms with Gasteiger partial charge in [-0.25, -0.2) is 0 Å². The number of rotatable bonds is 5. The van der Waals surface area contributed by atoms with E-state index < -0.39 is 0 Å².